The highest BCUT2D eigenvalue weighted by Gasteiger charge is 2.31. The Labute approximate surface area is 172 Å². The minimum atomic E-state index is -0.320. The summed E-state index contributed by atoms with van der Waals surface area (Å²) in [6.07, 6.45) is 1.68. The molecule has 0 aliphatic carbocycles. The molecule has 0 radical (unpaired) electrons. The van der Waals surface area contributed by atoms with Gasteiger partial charge in [0.25, 0.3) is 0 Å². The zero-order chi connectivity index (χ0) is 19.7. The minimum Gasteiger partial charge on any atom is -0.469 e. The van der Waals surface area contributed by atoms with E-state index in [1.165, 1.54) is 7.11 Å². The Morgan fingerprint density at radius 3 is 2.89 bits per heavy atom. The highest BCUT2D eigenvalue weighted by atomic mass is 35.5. The van der Waals surface area contributed by atoms with E-state index in [4.69, 9.17) is 28.6 Å². The smallest absolute Gasteiger partial charge is 0.314 e. The molecule has 4 rings (SSSR count). The van der Waals surface area contributed by atoms with E-state index >= 15 is 0 Å². The molecule has 2 heterocycles. The van der Waals surface area contributed by atoms with E-state index in [0.29, 0.717) is 23.0 Å². The molecule has 0 amide bonds. The van der Waals surface area contributed by atoms with Crippen LogP contribution in [0.4, 0.5) is 0 Å². The van der Waals surface area contributed by atoms with Gasteiger partial charge in [-0.25, -0.2) is 4.68 Å². The van der Waals surface area contributed by atoms with Crippen molar-refractivity contribution < 1.29 is 9.53 Å². The van der Waals surface area contributed by atoms with Gasteiger partial charge in [0.05, 0.1) is 25.4 Å². The molecule has 144 valence electrons. The van der Waals surface area contributed by atoms with Crippen LogP contribution in [-0.4, -0.2) is 38.9 Å². The first-order chi connectivity index (χ1) is 13.6. The first-order valence-corrected chi connectivity index (χ1v) is 9.64. The third-order valence-corrected chi connectivity index (χ3v) is 5.55. The first-order valence-electron chi connectivity index (χ1n) is 8.85. The quantitative estimate of drug-likeness (QED) is 0.480. The lowest BCUT2D eigenvalue weighted by molar-refractivity contribution is -0.143. The minimum absolute atomic E-state index is 0.231. The van der Waals surface area contributed by atoms with Crippen molar-refractivity contribution in [3.63, 3.8) is 0 Å². The van der Waals surface area contributed by atoms with Gasteiger partial charge >= 0.3 is 5.97 Å². The Morgan fingerprint density at radius 2 is 2.11 bits per heavy atom. The normalized spacial score (nSPS) is 16.6. The standard InChI is InChI=1S/C20H19ClN4O2S/c1-27-19(26)18-11-23(10-14-5-2-3-8-17(14)18)13-25-20(28)24(12-22-25)16-7-4-6-15(21)9-16/h2-9,12,18H,10-11,13H2,1H3. The van der Waals surface area contributed by atoms with Gasteiger partial charge in [-0.05, 0) is 41.5 Å². The van der Waals surface area contributed by atoms with Crippen LogP contribution < -0.4 is 0 Å². The van der Waals surface area contributed by atoms with Crippen molar-refractivity contribution in [1.82, 2.24) is 19.2 Å². The van der Waals surface area contributed by atoms with Crippen molar-refractivity contribution in [3.05, 3.63) is 75.8 Å². The number of hydrogen-bond acceptors (Lipinski definition) is 5. The lowest BCUT2D eigenvalue weighted by Crippen LogP contribution is -2.38. The van der Waals surface area contributed by atoms with Crippen molar-refractivity contribution in [2.24, 2.45) is 0 Å². The van der Waals surface area contributed by atoms with Crippen LogP contribution in [0.1, 0.15) is 17.0 Å². The molecule has 1 atom stereocenters. The number of halogens is 1. The fourth-order valence-electron chi connectivity index (χ4n) is 3.56. The number of ether oxygens (including phenoxy) is 1. The van der Waals surface area contributed by atoms with E-state index in [1.807, 2.05) is 53.1 Å². The van der Waals surface area contributed by atoms with Gasteiger partial charge in [-0.3, -0.25) is 14.3 Å². The predicted molar refractivity (Wildman–Crippen MR) is 109 cm³/mol. The molecule has 0 saturated carbocycles. The molecule has 8 heteroatoms. The van der Waals surface area contributed by atoms with Gasteiger partial charge < -0.3 is 4.74 Å². The second-order valence-corrected chi connectivity index (χ2v) is 7.49. The van der Waals surface area contributed by atoms with Gasteiger partial charge in [-0.2, -0.15) is 5.10 Å². The number of hydrogen-bond donors (Lipinski definition) is 0. The lowest BCUT2D eigenvalue weighted by atomic mass is 9.90. The van der Waals surface area contributed by atoms with Crippen LogP contribution in [0.25, 0.3) is 5.69 Å². The number of esters is 1. The Kier molecular flexibility index (Phi) is 5.30. The molecular weight excluding hydrogens is 396 g/mol. The average Bonchev–Trinajstić information content (AvgIpc) is 3.07. The van der Waals surface area contributed by atoms with Crippen LogP contribution in [0.2, 0.25) is 5.02 Å². The molecule has 1 aromatic heterocycles. The molecule has 6 nitrogen and oxygen atoms in total. The largest absolute Gasteiger partial charge is 0.469 e. The molecule has 1 aliphatic rings. The van der Waals surface area contributed by atoms with E-state index < -0.39 is 0 Å². The molecule has 0 spiro atoms. The predicted octanol–water partition coefficient (Wildman–Crippen LogP) is 3.79. The van der Waals surface area contributed by atoms with Crippen LogP contribution in [0.5, 0.6) is 0 Å². The Bertz CT molecular complexity index is 1080. The van der Waals surface area contributed by atoms with E-state index in [9.17, 15) is 4.79 Å². The number of methoxy groups -OCH3 is 1. The summed E-state index contributed by atoms with van der Waals surface area (Å²) < 4.78 is 9.15. The molecule has 0 fully saturated rings. The monoisotopic (exact) mass is 414 g/mol. The summed E-state index contributed by atoms with van der Waals surface area (Å²) in [7, 11) is 1.42. The van der Waals surface area contributed by atoms with Crippen LogP contribution >= 0.6 is 23.8 Å². The first kappa shape index (κ1) is 18.9. The topological polar surface area (TPSA) is 52.3 Å². The van der Waals surface area contributed by atoms with E-state index in [-0.39, 0.29) is 11.9 Å². The number of rotatable bonds is 4. The maximum Gasteiger partial charge on any atom is 0.314 e. The second kappa shape index (κ2) is 7.87. The number of carbonyl (C=O) groups is 1. The maximum atomic E-state index is 12.3. The number of fused-ring (bicyclic) bond motifs is 1. The molecule has 0 saturated heterocycles. The van der Waals surface area contributed by atoms with Crippen LogP contribution in [-0.2, 0) is 22.7 Å². The second-order valence-electron chi connectivity index (χ2n) is 6.69. The fraction of sp³-hybridized carbons (Fsp3) is 0.250. The molecule has 0 N–H and O–H groups in total. The number of benzene rings is 2. The van der Waals surface area contributed by atoms with E-state index in [0.717, 1.165) is 23.4 Å². The lowest BCUT2D eigenvalue weighted by Gasteiger charge is -2.33. The Balaban J connectivity index is 1.60. The summed E-state index contributed by atoms with van der Waals surface area (Å²) in [5.74, 6) is -0.552. The van der Waals surface area contributed by atoms with Crippen molar-refractivity contribution in [2.75, 3.05) is 13.7 Å². The molecule has 28 heavy (non-hydrogen) atoms. The highest BCUT2D eigenvalue weighted by molar-refractivity contribution is 7.71. The summed E-state index contributed by atoms with van der Waals surface area (Å²) in [6.45, 7) is 1.75. The van der Waals surface area contributed by atoms with Gasteiger partial charge in [0.2, 0.25) is 4.77 Å². The van der Waals surface area contributed by atoms with Crippen molar-refractivity contribution in [2.45, 2.75) is 19.1 Å². The average molecular weight is 415 g/mol. The fourth-order valence-corrected chi connectivity index (χ4v) is 4.00. The highest BCUT2D eigenvalue weighted by Crippen LogP contribution is 2.29. The summed E-state index contributed by atoms with van der Waals surface area (Å²) >= 11 is 11.7. The van der Waals surface area contributed by atoms with E-state index in [1.54, 1.807) is 11.0 Å². The molecule has 0 bridgehead atoms. The molecule has 3 aromatic rings. The number of nitrogens with zero attached hydrogens (tertiary/aromatic N) is 4. The van der Waals surface area contributed by atoms with Gasteiger partial charge in [0.15, 0.2) is 0 Å². The zero-order valence-corrected chi connectivity index (χ0v) is 16.9. The SMILES string of the molecule is COC(=O)C1CN(Cn2ncn(-c3cccc(Cl)c3)c2=S)Cc2ccccc21. The summed E-state index contributed by atoms with van der Waals surface area (Å²) in [5, 5.41) is 5.08. The molecular formula is C20H19ClN4O2S. The number of aromatic nitrogens is 3. The van der Waals surface area contributed by atoms with Crippen molar-refractivity contribution >= 4 is 29.8 Å². The third-order valence-electron chi connectivity index (χ3n) is 4.90. The zero-order valence-electron chi connectivity index (χ0n) is 15.3. The van der Waals surface area contributed by atoms with Crippen LogP contribution in [0.15, 0.2) is 54.9 Å². The summed E-state index contributed by atoms with van der Waals surface area (Å²) in [5.41, 5.74) is 3.00. The van der Waals surface area contributed by atoms with Crippen LogP contribution in [0.3, 0.4) is 0 Å². The Hall–Kier alpha value is -2.48. The molecule has 1 aliphatic heterocycles. The third kappa shape index (κ3) is 3.61. The molecule has 1 unspecified atom stereocenters. The van der Waals surface area contributed by atoms with E-state index in [2.05, 4.69) is 10.00 Å². The van der Waals surface area contributed by atoms with Gasteiger partial charge in [0.1, 0.15) is 6.33 Å². The summed E-state index contributed by atoms with van der Waals surface area (Å²) in [6, 6.07) is 15.4. The Morgan fingerprint density at radius 1 is 1.29 bits per heavy atom. The van der Waals surface area contributed by atoms with Gasteiger partial charge in [-0.1, -0.05) is 41.9 Å². The summed E-state index contributed by atoms with van der Waals surface area (Å²) in [4.78, 5) is 14.5. The number of carbonyl (C=O) groups excluding carboxylic acids is 1. The van der Waals surface area contributed by atoms with Crippen LogP contribution in [0, 0.1) is 4.77 Å². The molecule has 2 aromatic carbocycles. The van der Waals surface area contributed by atoms with Crippen molar-refractivity contribution in [3.8, 4) is 5.69 Å². The maximum absolute atomic E-state index is 12.3. The van der Waals surface area contributed by atoms with Gasteiger partial charge in [0, 0.05) is 18.1 Å². The van der Waals surface area contributed by atoms with Crippen molar-refractivity contribution in [1.29, 1.82) is 0 Å². The van der Waals surface area contributed by atoms with Gasteiger partial charge in [-0.15, -0.1) is 0 Å².